The van der Waals surface area contributed by atoms with Gasteiger partial charge in [-0.15, -0.1) is 0 Å². The molecular formula is C12H16N2O2. The number of rotatable bonds is 2. The van der Waals surface area contributed by atoms with Crippen LogP contribution in [0.2, 0.25) is 0 Å². The molecular weight excluding hydrogens is 204 g/mol. The lowest BCUT2D eigenvalue weighted by molar-refractivity contribution is -0.127. The minimum Gasteiger partial charge on any atom is -0.472 e. The van der Waals surface area contributed by atoms with Crippen LogP contribution in [0.3, 0.4) is 0 Å². The molecule has 1 aromatic rings. The lowest BCUT2D eigenvalue weighted by Gasteiger charge is -2.23. The lowest BCUT2D eigenvalue weighted by atomic mass is 9.89. The Morgan fingerprint density at radius 3 is 3.19 bits per heavy atom. The smallest absolute Gasteiger partial charge is 0.224 e. The van der Waals surface area contributed by atoms with Crippen molar-refractivity contribution in [1.82, 2.24) is 10.2 Å². The molecule has 86 valence electrons. The Labute approximate surface area is 94.6 Å². The molecule has 0 bridgehead atoms. The summed E-state index contributed by atoms with van der Waals surface area (Å²) in [6.45, 7) is 3.68. The number of piperidine rings is 1. The number of amides is 1. The molecule has 16 heavy (non-hydrogen) atoms. The van der Waals surface area contributed by atoms with Gasteiger partial charge in [-0.3, -0.25) is 9.69 Å². The first-order valence-corrected chi connectivity index (χ1v) is 5.84. The Morgan fingerprint density at radius 2 is 2.44 bits per heavy atom. The number of furan rings is 1. The normalized spacial score (nSPS) is 30.1. The van der Waals surface area contributed by atoms with Crippen LogP contribution in [-0.2, 0) is 11.3 Å². The predicted molar refractivity (Wildman–Crippen MR) is 58.6 cm³/mol. The van der Waals surface area contributed by atoms with Crippen molar-refractivity contribution in [3.8, 4) is 0 Å². The molecule has 2 fully saturated rings. The SMILES string of the molecule is O=C1NCC[C@H]2CN(Cc3ccoc3)C[C@@H]12. The monoisotopic (exact) mass is 220 g/mol. The van der Waals surface area contributed by atoms with Crippen molar-refractivity contribution in [2.75, 3.05) is 19.6 Å². The van der Waals surface area contributed by atoms with Gasteiger partial charge in [0.05, 0.1) is 18.4 Å². The summed E-state index contributed by atoms with van der Waals surface area (Å²) in [6.07, 6.45) is 4.60. The molecule has 0 aliphatic carbocycles. The van der Waals surface area contributed by atoms with E-state index in [-0.39, 0.29) is 11.8 Å². The zero-order valence-corrected chi connectivity index (χ0v) is 9.19. The average Bonchev–Trinajstić information content (AvgIpc) is 2.88. The molecule has 3 rings (SSSR count). The van der Waals surface area contributed by atoms with Crippen molar-refractivity contribution in [3.05, 3.63) is 24.2 Å². The molecule has 0 unspecified atom stereocenters. The van der Waals surface area contributed by atoms with Crippen LogP contribution in [0, 0.1) is 11.8 Å². The topological polar surface area (TPSA) is 45.5 Å². The van der Waals surface area contributed by atoms with Gasteiger partial charge in [-0.2, -0.15) is 0 Å². The Morgan fingerprint density at radius 1 is 1.50 bits per heavy atom. The molecule has 0 radical (unpaired) electrons. The van der Waals surface area contributed by atoms with E-state index in [9.17, 15) is 4.79 Å². The summed E-state index contributed by atoms with van der Waals surface area (Å²) in [5, 5.41) is 2.95. The Hall–Kier alpha value is -1.29. The largest absolute Gasteiger partial charge is 0.472 e. The van der Waals surface area contributed by atoms with E-state index in [0.29, 0.717) is 5.92 Å². The number of hydrogen-bond acceptors (Lipinski definition) is 3. The van der Waals surface area contributed by atoms with Crippen LogP contribution in [0.4, 0.5) is 0 Å². The van der Waals surface area contributed by atoms with E-state index in [2.05, 4.69) is 10.2 Å². The van der Waals surface area contributed by atoms with E-state index in [4.69, 9.17) is 4.42 Å². The summed E-state index contributed by atoms with van der Waals surface area (Å²) >= 11 is 0. The van der Waals surface area contributed by atoms with Crippen LogP contribution in [0.15, 0.2) is 23.0 Å². The standard InChI is InChI=1S/C12H16N2O2/c15-12-11-7-14(5-9-2-4-16-8-9)6-10(11)1-3-13-12/h2,4,8,10-11H,1,3,5-7H2,(H,13,15)/t10-,11+/m0/s1. The third kappa shape index (κ3) is 1.73. The van der Waals surface area contributed by atoms with Gasteiger partial charge >= 0.3 is 0 Å². The predicted octanol–water partition coefficient (Wildman–Crippen LogP) is 0.847. The fraction of sp³-hybridized carbons (Fsp3) is 0.583. The summed E-state index contributed by atoms with van der Waals surface area (Å²) in [4.78, 5) is 14.0. The van der Waals surface area contributed by atoms with Gasteiger partial charge in [0.1, 0.15) is 0 Å². The molecule has 4 heteroatoms. The van der Waals surface area contributed by atoms with Crippen molar-refractivity contribution in [3.63, 3.8) is 0 Å². The minimum atomic E-state index is 0.209. The molecule has 1 N–H and O–H groups in total. The van der Waals surface area contributed by atoms with Crippen LogP contribution in [0.1, 0.15) is 12.0 Å². The lowest BCUT2D eigenvalue weighted by Crippen LogP contribution is -2.41. The number of hydrogen-bond donors (Lipinski definition) is 1. The first kappa shape index (κ1) is 9.90. The van der Waals surface area contributed by atoms with Gasteiger partial charge < -0.3 is 9.73 Å². The molecule has 1 amide bonds. The van der Waals surface area contributed by atoms with Crippen molar-refractivity contribution in [2.45, 2.75) is 13.0 Å². The number of nitrogens with zero attached hydrogens (tertiary/aromatic N) is 1. The fourth-order valence-electron chi connectivity index (χ4n) is 2.83. The summed E-state index contributed by atoms with van der Waals surface area (Å²) < 4.78 is 5.06. The minimum absolute atomic E-state index is 0.209. The third-order valence-corrected chi connectivity index (χ3v) is 3.65. The quantitative estimate of drug-likeness (QED) is 0.803. The summed E-state index contributed by atoms with van der Waals surface area (Å²) in [7, 11) is 0. The van der Waals surface area contributed by atoms with E-state index >= 15 is 0 Å². The molecule has 0 spiro atoms. The zero-order chi connectivity index (χ0) is 11.0. The number of likely N-dealkylation sites (tertiary alicyclic amines) is 1. The molecule has 2 atom stereocenters. The molecule has 4 nitrogen and oxygen atoms in total. The van der Waals surface area contributed by atoms with Crippen LogP contribution in [0.5, 0.6) is 0 Å². The fourth-order valence-corrected chi connectivity index (χ4v) is 2.83. The first-order chi connectivity index (χ1) is 7.83. The Kier molecular flexibility index (Phi) is 2.44. The molecule has 1 aromatic heterocycles. The van der Waals surface area contributed by atoms with E-state index < -0.39 is 0 Å². The zero-order valence-electron chi connectivity index (χ0n) is 9.19. The highest BCUT2D eigenvalue weighted by Gasteiger charge is 2.39. The highest BCUT2D eigenvalue weighted by Crippen LogP contribution is 2.29. The van der Waals surface area contributed by atoms with Crippen molar-refractivity contribution < 1.29 is 9.21 Å². The molecule has 2 aliphatic heterocycles. The van der Waals surface area contributed by atoms with Crippen LogP contribution in [0.25, 0.3) is 0 Å². The highest BCUT2D eigenvalue weighted by molar-refractivity contribution is 5.80. The summed E-state index contributed by atoms with van der Waals surface area (Å²) in [6, 6.07) is 1.99. The van der Waals surface area contributed by atoms with E-state index in [1.165, 1.54) is 5.56 Å². The van der Waals surface area contributed by atoms with E-state index in [1.807, 2.05) is 6.07 Å². The second-order valence-corrected chi connectivity index (χ2v) is 4.77. The van der Waals surface area contributed by atoms with Gasteiger partial charge in [0.15, 0.2) is 0 Å². The van der Waals surface area contributed by atoms with Crippen molar-refractivity contribution >= 4 is 5.91 Å². The number of fused-ring (bicyclic) bond motifs is 1. The molecule has 3 heterocycles. The Bertz CT molecular complexity index is 374. The number of carbonyl (C=O) groups is 1. The van der Waals surface area contributed by atoms with Crippen LogP contribution < -0.4 is 5.32 Å². The average molecular weight is 220 g/mol. The molecule has 0 saturated carbocycles. The van der Waals surface area contributed by atoms with Gasteiger partial charge in [-0.1, -0.05) is 0 Å². The molecule has 2 aliphatic rings. The second-order valence-electron chi connectivity index (χ2n) is 4.77. The van der Waals surface area contributed by atoms with E-state index in [0.717, 1.165) is 32.6 Å². The maximum absolute atomic E-state index is 11.7. The first-order valence-electron chi connectivity index (χ1n) is 5.84. The summed E-state index contributed by atoms with van der Waals surface area (Å²) in [5.74, 6) is 1.01. The maximum atomic E-state index is 11.7. The highest BCUT2D eigenvalue weighted by atomic mass is 16.3. The third-order valence-electron chi connectivity index (χ3n) is 3.65. The Balaban J connectivity index is 1.65. The molecule has 2 saturated heterocycles. The van der Waals surface area contributed by atoms with Crippen LogP contribution in [-0.4, -0.2) is 30.4 Å². The van der Waals surface area contributed by atoms with Gasteiger partial charge in [0, 0.05) is 31.7 Å². The van der Waals surface area contributed by atoms with Crippen molar-refractivity contribution in [1.29, 1.82) is 0 Å². The van der Waals surface area contributed by atoms with Gasteiger partial charge in [-0.25, -0.2) is 0 Å². The van der Waals surface area contributed by atoms with Crippen molar-refractivity contribution in [2.24, 2.45) is 11.8 Å². The summed E-state index contributed by atoms with van der Waals surface area (Å²) in [5.41, 5.74) is 1.19. The van der Waals surface area contributed by atoms with Gasteiger partial charge in [0.25, 0.3) is 0 Å². The second kappa shape index (κ2) is 3.94. The molecule has 0 aromatic carbocycles. The number of carbonyl (C=O) groups excluding carboxylic acids is 1. The number of nitrogens with one attached hydrogen (secondary N) is 1. The van der Waals surface area contributed by atoms with E-state index in [1.54, 1.807) is 12.5 Å². The van der Waals surface area contributed by atoms with Gasteiger partial charge in [-0.05, 0) is 18.4 Å². The van der Waals surface area contributed by atoms with Crippen LogP contribution >= 0.6 is 0 Å². The van der Waals surface area contributed by atoms with Gasteiger partial charge in [0.2, 0.25) is 5.91 Å². The maximum Gasteiger partial charge on any atom is 0.224 e.